The van der Waals surface area contributed by atoms with Gasteiger partial charge in [0.1, 0.15) is 72.1 Å². The maximum Gasteiger partial charge on any atom is 0.318 e. The first-order valence-corrected chi connectivity index (χ1v) is 16.7. The lowest BCUT2D eigenvalue weighted by Gasteiger charge is -2.31. The van der Waals surface area contributed by atoms with E-state index in [0.29, 0.717) is 0 Å². The van der Waals surface area contributed by atoms with E-state index in [9.17, 15) is 59.4 Å². The van der Waals surface area contributed by atoms with Gasteiger partial charge in [-0.1, -0.05) is 0 Å². The van der Waals surface area contributed by atoms with Crippen molar-refractivity contribution in [3.05, 3.63) is 0 Å². The zero-order valence-corrected chi connectivity index (χ0v) is 32.3. The number of esters is 6. The molecule has 0 rings (SSSR count). The minimum Gasteiger partial charge on any atom is -0.464 e. The molecule has 0 aliphatic heterocycles. The monoisotopic (exact) mass is 786 g/mol. The molecule has 0 aromatic carbocycles. The van der Waals surface area contributed by atoms with Crippen molar-refractivity contribution in [2.24, 2.45) is 32.5 Å². The average molecular weight is 787 g/mol. The van der Waals surface area contributed by atoms with Crippen LogP contribution >= 0.6 is 0 Å². The van der Waals surface area contributed by atoms with Crippen LogP contribution in [0, 0.1) is 32.5 Å². The lowest BCUT2D eigenvalue weighted by molar-refractivity contribution is -0.185. The van der Waals surface area contributed by atoms with Crippen LogP contribution in [-0.4, -0.2) is 173 Å². The first kappa shape index (κ1) is 50.5. The van der Waals surface area contributed by atoms with E-state index in [1.165, 1.54) is 55.8 Å². The molecule has 54 heavy (non-hydrogen) atoms. The highest BCUT2D eigenvalue weighted by atomic mass is 16.6. The van der Waals surface area contributed by atoms with Crippen molar-refractivity contribution in [1.82, 2.24) is 0 Å². The summed E-state index contributed by atoms with van der Waals surface area (Å²) < 4.78 is 41.4. The lowest BCUT2D eigenvalue weighted by Crippen LogP contribution is -2.46. The minimum atomic E-state index is -1.95. The molecule has 0 saturated heterocycles. The van der Waals surface area contributed by atoms with Crippen molar-refractivity contribution >= 4 is 35.8 Å². The molecule has 0 aliphatic carbocycles. The lowest BCUT2D eigenvalue weighted by atomic mass is 9.90. The predicted molar refractivity (Wildman–Crippen MR) is 181 cm³/mol. The molecule has 20 nitrogen and oxygen atoms in total. The summed E-state index contributed by atoms with van der Waals surface area (Å²) >= 11 is 0. The number of ether oxygens (including phenoxy) is 8. The summed E-state index contributed by atoms with van der Waals surface area (Å²) in [6, 6.07) is 0. The highest BCUT2D eigenvalue weighted by Gasteiger charge is 2.45. The zero-order chi connectivity index (χ0) is 42.0. The van der Waals surface area contributed by atoms with Crippen LogP contribution in [0.4, 0.5) is 0 Å². The molecule has 2 unspecified atom stereocenters. The molecule has 0 amide bonds. The van der Waals surface area contributed by atoms with Gasteiger partial charge in [0, 0.05) is 14.2 Å². The Balaban J connectivity index is 6.05. The van der Waals surface area contributed by atoms with E-state index in [2.05, 4.69) is 0 Å². The van der Waals surface area contributed by atoms with Gasteiger partial charge in [-0.05, 0) is 41.5 Å². The van der Waals surface area contributed by atoms with Crippen molar-refractivity contribution < 1.29 is 97.3 Å². The van der Waals surface area contributed by atoms with Gasteiger partial charge < -0.3 is 68.5 Å². The Labute approximate surface area is 313 Å². The molecular weight excluding hydrogens is 728 g/mol. The summed E-state index contributed by atoms with van der Waals surface area (Å²) in [5.41, 5.74) is -10.4. The van der Waals surface area contributed by atoms with Gasteiger partial charge in [-0.2, -0.15) is 0 Å². The molecule has 0 heterocycles. The van der Waals surface area contributed by atoms with E-state index in [-0.39, 0.29) is 13.2 Å². The molecule has 0 aromatic heterocycles. The fraction of sp³-hybridized carbons (Fsp3) is 0.824. The first-order valence-electron chi connectivity index (χ1n) is 16.7. The van der Waals surface area contributed by atoms with E-state index in [1.54, 1.807) is 0 Å². The quantitative estimate of drug-likeness (QED) is 0.0286. The van der Waals surface area contributed by atoms with Gasteiger partial charge in [-0.25, -0.2) is 0 Å². The number of aliphatic hydroxyl groups is 6. The normalized spacial score (nSPS) is 15.4. The fourth-order valence-electron chi connectivity index (χ4n) is 3.87. The first-order chi connectivity index (χ1) is 25.0. The summed E-state index contributed by atoms with van der Waals surface area (Å²) in [6.07, 6.45) is 0. The van der Waals surface area contributed by atoms with Gasteiger partial charge in [-0.15, -0.1) is 0 Å². The topological polar surface area (TPSA) is 298 Å². The van der Waals surface area contributed by atoms with Crippen LogP contribution in [0.1, 0.15) is 41.5 Å². The Morgan fingerprint density at radius 1 is 0.333 bits per heavy atom. The van der Waals surface area contributed by atoms with Crippen molar-refractivity contribution in [3.63, 3.8) is 0 Å². The van der Waals surface area contributed by atoms with Crippen LogP contribution in [0.2, 0.25) is 0 Å². The molecule has 0 aliphatic rings. The Morgan fingerprint density at radius 2 is 0.537 bits per heavy atom. The number of methoxy groups -OCH3 is 2. The predicted octanol–water partition coefficient (Wildman–Crippen LogP) is -2.47. The van der Waals surface area contributed by atoms with E-state index >= 15 is 0 Å². The SMILES string of the molecule is COCC(C)(CO)C(=O)OCC(C)(COC(=O)C(C)(CO)COC)C(=O)OCCOC(=O)C(C)(COC(=O)C(C)(CO)CO)COC(=O)C(C)(CO)CO. The van der Waals surface area contributed by atoms with E-state index < -0.39 is 148 Å². The van der Waals surface area contributed by atoms with Crippen molar-refractivity contribution in [1.29, 1.82) is 0 Å². The molecule has 0 fully saturated rings. The van der Waals surface area contributed by atoms with Gasteiger partial charge in [-0.3, -0.25) is 28.8 Å². The highest BCUT2D eigenvalue weighted by molar-refractivity contribution is 5.82. The van der Waals surface area contributed by atoms with Gasteiger partial charge in [0.25, 0.3) is 0 Å². The summed E-state index contributed by atoms with van der Waals surface area (Å²) in [6.45, 7) is -1.89. The molecule has 0 aromatic rings. The summed E-state index contributed by atoms with van der Waals surface area (Å²) in [4.78, 5) is 77.5. The van der Waals surface area contributed by atoms with E-state index in [0.717, 1.165) is 0 Å². The third-order valence-corrected chi connectivity index (χ3v) is 8.61. The van der Waals surface area contributed by atoms with Crippen LogP contribution in [0.25, 0.3) is 0 Å². The smallest absolute Gasteiger partial charge is 0.318 e. The van der Waals surface area contributed by atoms with Crippen LogP contribution in [-0.2, 0) is 66.7 Å². The van der Waals surface area contributed by atoms with Crippen LogP contribution in [0.3, 0.4) is 0 Å². The number of carbonyl (C=O) groups is 6. The van der Waals surface area contributed by atoms with Gasteiger partial charge >= 0.3 is 35.8 Å². The molecule has 20 heteroatoms. The molecular formula is C34H58O20. The zero-order valence-electron chi connectivity index (χ0n) is 32.3. The maximum absolute atomic E-state index is 13.4. The Bertz CT molecular complexity index is 1170. The Kier molecular flexibility index (Phi) is 20.7. The minimum absolute atomic E-state index is 0.239. The van der Waals surface area contributed by atoms with Crippen molar-refractivity contribution in [2.45, 2.75) is 41.5 Å². The molecule has 0 radical (unpaired) electrons. The number of hydrogen-bond donors (Lipinski definition) is 6. The number of rotatable bonds is 27. The van der Waals surface area contributed by atoms with Gasteiger partial charge in [0.05, 0.1) is 52.9 Å². The van der Waals surface area contributed by atoms with Crippen molar-refractivity contribution in [3.8, 4) is 0 Å². The second-order valence-electron chi connectivity index (χ2n) is 14.8. The van der Waals surface area contributed by atoms with Gasteiger partial charge in [0.2, 0.25) is 0 Å². The second-order valence-corrected chi connectivity index (χ2v) is 14.8. The highest BCUT2D eigenvalue weighted by Crippen LogP contribution is 2.28. The summed E-state index contributed by atoms with van der Waals surface area (Å²) in [5, 5.41) is 57.6. The molecule has 2 atom stereocenters. The Hall–Kier alpha value is -3.50. The third kappa shape index (κ3) is 13.7. The second kappa shape index (κ2) is 22.2. The third-order valence-electron chi connectivity index (χ3n) is 8.61. The molecule has 314 valence electrons. The Morgan fingerprint density at radius 3 is 0.741 bits per heavy atom. The molecule has 0 bridgehead atoms. The van der Waals surface area contributed by atoms with E-state index in [1.807, 2.05) is 0 Å². The maximum atomic E-state index is 13.4. The molecule has 0 saturated carbocycles. The van der Waals surface area contributed by atoms with Gasteiger partial charge in [0.15, 0.2) is 0 Å². The standard InChI is InChI=1S/C34H58O20/c1-29(11-35,12-36)23(41)51-19-33(5,20-52-24(42)30(2,13-37)14-38)27(45)49-9-10-50-28(46)34(6,21-53-25(43)31(3,15-39)17-47-7)22-54-26(44)32(4,16-40)18-48-8/h35-40H,9-22H2,1-8H3. The number of hydrogen-bond acceptors (Lipinski definition) is 20. The summed E-state index contributed by atoms with van der Waals surface area (Å²) in [5.74, 6) is -6.36. The number of aliphatic hydroxyl groups excluding tert-OH is 6. The van der Waals surface area contributed by atoms with Crippen LogP contribution in [0.15, 0.2) is 0 Å². The van der Waals surface area contributed by atoms with Crippen LogP contribution < -0.4 is 0 Å². The van der Waals surface area contributed by atoms with E-state index in [4.69, 9.17) is 37.9 Å². The fourth-order valence-corrected chi connectivity index (χ4v) is 3.87. The van der Waals surface area contributed by atoms with Crippen molar-refractivity contribution in [2.75, 3.05) is 107 Å². The average Bonchev–Trinajstić information content (AvgIpc) is 3.17. The summed E-state index contributed by atoms with van der Waals surface area (Å²) in [7, 11) is 2.59. The van der Waals surface area contributed by atoms with Crippen LogP contribution in [0.5, 0.6) is 0 Å². The largest absolute Gasteiger partial charge is 0.464 e. The molecule has 0 spiro atoms. The molecule has 6 N–H and O–H groups in total. The number of carbonyl (C=O) groups excluding carboxylic acids is 6.